The van der Waals surface area contributed by atoms with Gasteiger partial charge in [0.25, 0.3) is 5.91 Å². The fourth-order valence-electron chi connectivity index (χ4n) is 2.68. The van der Waals surface area contributed by atoms with Crippen molar-refractivity contribution in [2.75, 3.05) is 32.9 Å². The predicted molar refractivity (Wildman–Crippen MR) is 72.3 cm³/mol. The molecule has 0 N–H and O–H groups in total. The third kappa shape index (κ3) is 3.16. The maximum Gasteiger partial charge on any atom is 0.260 e. The molecule has 1 spiro atoms. The molecule has 2 heterocycles. The number of hydrogen-bond acceptors (Lipinski definition) is 4. The minimum absolute atomic E-state index is 0.0989. The number of ether oxygens (including phenoxy) is 3. The summed E-state index contributed by atoms with van der Waals surface area (Å²) in [6, 6.07) is 6.06. The van der Waals surface area contributed by atoms with Crippen LogP contribution in [0.1, 0.15) is 12.8 Å². The molecule has 1 aromatic rings. The van der Waals surface area contributed by atoms with Crippen molar-refractivity contribution in [3.63, 3.8) is 0 Å². The van der Waals surface area contributed by atoms with Gasteiger partial charge in [-0.2, -0.15) is 0 Å². The molecule has 114 valence electrons. The summed E-state index contributed by atoms with van der Waals surface area (Å²) < 4.78 is 29.9. The Hall–Kier alpha value is -1.66. The van der Waals surface area contributed by atoms with E-state index in [0.717, 1.165) is 0 Å². The van der Waals surface area contributed by atoms with Gasteiger partial charge in [0.15, 0.2) is 24.0 Å². The molecule has 2 fully saturated rings. The van der Waals surface area contributed by atoms with Crippen LogP contribution >= 0.6 is 0 Å². The number of carbonyl (C=O) groups is 1. The van der Waals surface area contributed by atoms with Gasteiger partial charge in [-0.3, -0.25) is 4.79 Å². The summed E-state index contributed by atoms with van der Waals surface area (Å²) in [5.74, 6) is -1.01. The number of rotatable bonds is 3. The van der Waals surface area contributed by atoms with E-state index in [1.807, 2.05) is 0 Å². The Morgan fingerprint density at radius 1 is 1.24 bits per heavy atom. The van der Waals surface area contributed by atoms with Crippen molar-refractivity contribution in [3.8, 4) is 5.75 Å². The van der Waals surface area contributed by atoms with E-state index in [1.165, 1.54) is 12.1 Å². The van der Waals surface area contributed by atoms with E-state index in [1.54, 1.807) is 17.0 Å². The van der Waals surface area contributed by atoms with Gasteiger partial charge in [0.1, 0.15) is 0 Å². The Labute approximate surface area is 122 Å². The predicted octanol–water partition coefficient (Wildman–Crippen LogP) is 1.57. The summed E-state index contributed by atoms with van der Waals surface area (Å²) in [4.78, 5) is 13.8. The molecular formula is C15H18FNO4. The molecule has 21 heavy (non-hydrogen) atoms. The van der Waals surface area contributed by atoms with Crippen LogP contribution in [0.15, 0.2) is 24.3 Å². The Bertz CT molecular complexity index is 506. The average molecular weight is 295 g/mol. The van der Waals surface area contributed by atoms with Gasteiger partial charge in [-0.1, -0.05) is 12.1 Å². The van der Waals surface area contributed by atoms with Gasteiger partial charge in [-0.15, -0.1) is 0 Å². The van der Waals surface area contributed by atoms with E-state index in [9.17, 15) is 9.18 Å². The molecule has 0 aliphatic carbocycles. The molecule has 1 aromatic carbocycles. The zero-order valence-electron chi connectivity index (χ0n) is 11.7. The van der Waals surface area contributed by atoms with E-state index >= 15 is 0 Å². The molecule has 6 heteroatoms. The highest BCUT2D eigenvalue weighted by atomic mass is 19.1. The van der Waals surface area contributed by atoms with Crippen molar-refractivity contribution in [2.45, 2.75) is 18.6 Å². The summed E-state index contributed by atoms with van der Waals surface area (Å²) in [6.45, 7) is 2.21. The fraction of sp³-hybridized carbons (Fsp3) is 0.533. The zero-order chi connectivity index (χ0) is 14.7. The van der Waals surface area contributed by atoms with Crippen molar-refractivity contribution < 1.29 is 23.4 Å². The molecule has 3 rings (SSSR count). The summed E-state index contributed by atoms with van der Waals surface area (Å²) >= 11 is 0. The first-order chi connectivity index (χ1) is 10.2. The molecule has 5 nitrogen and oxygen atoms in total. The molecule has 0 bridgehead atoms. The zero-order valence-corrected chi connectivity index (χ0v) is 11.7. The number of benzene rings is 1. The summed E-state index contributed by atoms with van der Waals surface area (Å²) in [5, 5.41) is 0. The summed E-state index contributed by atoms with van der Waals surface area (Å²) in [6.07, 6.45) is 1.33. The lowest BCUT2D eigenvalue weighted by atomic mass is 10.0. The van der Waals surface area contributed by atoms with Gasteiger partial charge in [0, 0.05) is 25.9 Å². The Morgan fingerprint density at radius 3 is 2.57 bits per heavy atom. The van der Waals surface area contributed by atoms with E-state index in [4.69, 9.17) is 14.2 Å². The molecule has 0 aromatic heterocycles. The second kappa shape index (κ2) is 5.99. The normalized spacial score (nSPS) is 20.7. The molecule has 0 saturated carbocycles. The molecule has 0 unspecified atom stereocenters. The highest BCUT2D eigenvalue weighted by molar-refractivity contribution is 5.77. The van der Waals surface area contributed by atoms with Crippen LogP contribution in [0, 0.1) is 5.82 Å². The number of amides is 1. The number of halogens is 1. The van der Waals surface area contributed by atoms with E-state index in [-0.39, 0.29) is 18.3 Å². The maximum absolute atomic E-state index is 13.4. The van der Waals surface area contributed by atoms with Crippen LogP contribution in [0.5, 0.6) is 5.75 Å². The van der Waals surface area contributed by atoms with Crippen LogP contribution in [-0.4, -0.2) is 49.5 Å². The Kier molecular flexibility index (Phi) is 4.07. The number of piperidine rings is 1. The average Bonchev–Trinajstić information content (AvgIpc) is 2.95. The monoisotopic (exact) mass is 295 g/mol. The van der Waals surface area contributed by atoms with Crippen LogP contribution in [0.25, 0.3) is 0 Å². The lowest BCUT2D eigenvalue weighted by Crippen LogP contribution is -2.48. The standard InChI is InChI=1S/C15H18FNO4/c16-12-3-1-2-4-13(12)19-11-14(18)17-7-5-15(6-8-17)20-9-10-21-15/h1-4H,5-11H2. The number of likely N-dealkylation sites (tertiary alicyclic amines) is 1. The van der Waals surface area contributed by atoms with Crippen molar-refractivity contribution in [1.82, 2.24) is 4.90 Å². The van der Waals surface area contributed by atoms with Gasteiger partial charge in [-0.25, -0.2) is 4.39 Å². The van der Waals surface area contributed by atoms with Crippen LogP contribution in [0.2, 0.25) is 0 Å². The summed E-state index contributed by atoms with van der Waals surface area (Å²) in [5.41, 5.74) is 0. The number of hydrogen-bond donors (Lipinski definition) is 0. The van der Waals surface area contributed by atoms with E-state index in [2.05, 4.69) is 0 Å². The molecule has 2 saturated heterocycles. The first kappa shape index (κ1) is 14.3. The lowest BCUT2D eigenvalue weighted by Gasteiger charge is -2.37. The third-order valence-electron chi connectivity index (χ3n) is 3.88. The molecular weight excluding hydrogens is 277 g/mol. The highest BCUT2D eigenvalue weighted by Crippen LogP contribution is 2.31. The smallest absolute Gasteiger partial charge is 0.260 e. The minimum atomic E-state index is -0.497. The number of para-hydroxylation sites is 1. The topological polar surface area (TPSA) is 48.0 Å². The highest BCUT2D eigenvalue weighted by Gasteiger charge is 2.40. The van der Waals surface area contributed by atoms with Crippen molar-refractivity contribution in [1.29, 1.82) is 0 Å². The third-order valence-corrected chi connectivity index (χ3v) is 3.88. The van der Waals surface area contributed by atoms with Crippen molar-refractivity contribution in [2.24, 2.45) is 0 Å². The maximum atomic E-state index is 13.4. The first-order valence-corrected chi connectivity index (χ1v) is 7.12. The molecule has 2 aliphatic rings. The largest absolute Gasteiger partial charge is 0.481 e. The van der Waals surface area contributed by atoms with Gasteiger partial charge < -0.3 is 19.1 Å². The van der Waals surface area contributed by atoms with E-state index in [0.29, 0.717) is 39.1 Å². The van der Waals surface area contributed by atoms with Gasteiger partial charge in [0.05, 0.1) is 13.2 Å². The molecule has 1 amide bonds. The molecule has 0 radical (unpaired) electrons. The van der Waals surface area contributed by atoms with Gasteiger partial charge in [0.2, 0.25) is 0 Å². The van der Waals surface area contributed by atoms with Crippen LogP contribution < -0.4 is 4.74 Å². The minimum Gasteiger partial charge on any atom is -0.481 e. The second-order valence-electron chi connectivity index (χ2n) is 5.21. The number of carbonyl (C=O) groups excluding carboxylic acids is 1. The van der Waals surface area contributed by atoms with Gasteiger partial charge >= 0.3 is 0 Å². The Morgan fingerprint density at radius 2 is 1.90 bits per heavy atom. The first-order valence-electron chi connectivity index (χ1n) is 7.12. The fourth-order valence-corrected chi connectivity index (χ4v) is 2.68. The summed E-state index contributed by atoms with van der Waals surface area (Å²) in [7, 11) is 0. The van der Waals surface area contributed by atoms with Crippen LogP contribution in [0.4, 0.5) is 4.39 Å². The van der Waals surface area contributed by atoms with Crippen molar-refractivity contribution in [3.05, 3.63) is 30.1 Å². The SMILES string of the molecule is O=C(COc1ccccc1F)N1CCC2(CC1)OCCO2. The van der Waals surface area contributed by atoms with Gasteiger partial charge in [-0.05, 0) is 12.1 Å². The number of nitrogens with zero attached hydrogens (tertiary/aromatic N) is 1. The molecule has 2 aliphatic heterocycles. The van der Waals surface area contributed by atoms with Crippen molar-refractivity contribution >= 4 is 5.91 Å². The quantitative estimate of drug-likeness (QED) is 0.849. The molecule has 0 atom stereocenters. The van der Waals surface area contributed by atoms with Crippen LogP contribution in [0.3, 0.4) is 0 Å². The second-order valence-corrected chi connectivity index (χ2v) is 5.21. The Balaban J connectivity index is 1.49. The van der Waals surface area contributed by atoms with E-state index < -0.39 is 11.6 Å². The lowest BCUT2D eigenvalue weighted by molar-refractivity contribution is -0.187. The van der Waals surface area contributed by atoms with Crippen LogP contribution in [-0.2, 0) is 14.3 Å².